The minimum absolute atomic E-state index is 0.252. The van der Waals surface area contributed by atoms with Gasteiger partial charge in [0, 0.05) is 0 Å². The van der Waals surface area contributed by atoms with Gasteiger partial charge in [0.15, 0.2) is 0 Å². The number of methoxy groups -OCH3 is 1. The van der Waals surface area contributed by atoms with Crippen LogP contribution in [0, 0.1) is 0 Å². The lowest BCUT2D eigenvalue weighted by atomic mass is 10.2. The third kappa shape index (κ3) is 1.99. The van der Waals surface area contributed by atoms with E-state index >= 15 is 0 Å². The van der Waals surface area contributed by atoms with Gasteiger partial charge in [0.1, 0.15) is 12.7 Å². The minimum atomic E-state index is -1.44. The van der Waals surface area contributed by atoms with E-state index in [4.69, 9.17) is 5.11 Å². The molecule has 1 saturated heterocycles. The summed E-state index contributed by atoms with van der Waals surface area (Å²) in [6.07, 6.45) is -2.68. The molecule has 7 heteroatoms. The van der Waals surface area contributed by atoms with Crippen LogP contribution >= 0.6 is 0 Å². The summed E-state index contributed by atoms with van der Waals surface area (Å²) in [6, 6.07) is 0. The molecule has 1 heterocycles. The van der Waals surface area contributed by atoms with E-state index in [1.807, 2.05) is 0 Å². The maximum atomic E-state index is 10.8. The zero-order valence-electron chi connectivity index (χ0n) is 7.26. The average molecular weight is 204 g/mol. The van der Waals surface area contributed by atoms with Crippen LogP contribution in [0.2, 0.25) is 0 Å². The minimum Gasteiger partial charge on any atom is -0.461 e. The second kappa shape index (κ2) is 4.05. The van der Waals surface area contributed by atoms with Gasteiger partial charge in [0.2, 0.25) is 6.10 Å². The van der Waals surface area contributed by atoms with Gasteiger partial charge in [-0.05, 0) is 0 Å². The van der Waals surface area contributed by atoms with Gasteiger partial charge in [-0.25, -0.2) is 14.4 Å². The lowest BCUT2D eigenvalue weighted by Crippen LogP contribution is -2.35. The van der Waals surface area contributed by atoms with Gasteiger partial charge in [-0.3, -0.25) is 0 Å². The number of aliphatic hydroxyl groups excluding tert-OH is 1. The molecule has 7 nitrogen and oxygen atoms in total. The van der Waals surface area contributed by atoms with Crippen LogP contribution in [0.4, 0.5) is 0 Å². The summed E-state index contributed by atoms with van der Waals surface area (Å²) in [7, 11) is 0.993. The Bertz CT molecular complexity index is 271. The monoisotopic (exact) mass is 204 g/mol. The third-order valence-electron chi connectivity index (χ3n) is 1.56. The molecule has 0 aromatic carbocycles. The van der Waals surface area contributed by atoms with Crippen molar-refractivity contribution >= 4 is 17.9 Å². The van der Waals surface area contributed by atoms with Gasteiger partial charge in [-0.2, -0.15) is 0 Å². The largest absolute Gasteiger partial charge is 0.461 e. The molecule has 0 saturated carbocycles. The number of carbonyl (C=O) groups excluding carboxylic acids is 3. The SMILES string of the molecule is COC(=O)C(=O)O[C@H]1C(=O)OC[C@@H]1O. The lowest BCUT2D eigenvalue weighted by molar-refractivity contribution is -0.174. The first-order valence-electron chi connectivity index (χ1n) is 3.70. The summed E-state index contributed by atoms with van der Waals surface area (Å²) >= 11 is 0. The highest BCUT2D eigenvalue weighted by molar-refractivity contribution is 6.29. The molecule has 1 N–H and O–H groups in total. The molecule has 0 bridgehead atoms. The second-order valence-electron chi connectivity index (χ2n) is 2.51. The maximum Gasteiger partial charge on any atom is 0.418 e. The number of hydrogen-bond donors (Lipinski definition) is 1. The molecule has 0 spiro atoms. The summed E-state index contributed by atoms with van der Waals surface area (Å²) in [5.74, 6) is -3.46. The Labute approximate surface area is 78.5 Å². The van der Waals surface area contributed by atoms with Crippen LogP contribution in [0.15, 0.2) is 0 Å². The number of cyclic esters (lactones) is 1. The standard InChI is InChI=1S/C7H8O7/c1-12-6(10)7(11)14-4-3(8)2-13-5(4)9/h3-4,8H,2H2,1H3/t3-,4+/m0/s1. The van der Waals surface area contributed by atoms with E-state index in [0.29, 0.717) is 0 Å². The Morgan fingerprint density at radius 1 is 1.50 bits per heavy atom. The Hall–Kier alpha value is -1.63. The number of hydrogen-bond acceptors (Lipinski definition) is 7. The van der Waals surface area contributed by atoms with Crippen LogP contribution in [-0.4, -0.2) is 48.9 Å². The van der Waals surface area contributed by atoms with E-state index in [2.05, 4.69) is 14.2 Å². The molecule has 1 aliphatic heterocycles. The summed E-state index contributed by atoms with van der Waals surface area (Å²) < 4.78 is 12.8. The zero-order valence-corrected chi connectivity index (χ0v) is 7.26. The fraction of sp³-hybridized carbons (Fsp3) is 0.571. The van der Waals surface area contributed by atoms with Crippen molar-refractivity contribution < 1.29 is 33.7 Å². The molecule has 0 radical (unpaired) electrons. The van der Waals surface area contributed by atoms with Crippen LogP contribution in [-0.2, 0) is 28.6 Å². The molecular weight excluding hydrogens is 196 g/mol. The van der Waals surface area contributed by atoms with Gasteiger partial charge in [0.25, 0.3) is 0 Å². The van der Waals surface area contributed by atoms with Crippen molar-refractivity contribution in [3.8, 4) is 0 Å². The van der Waals surface area contributed by atoms with E-state index in [-0.39, 0.29) is 6.61 Å². The fourth-order valence-corrected chi connectivity index (χ4v) is 0.868. The first kappa shape index (κ1) is 10.5. The van der Waals surface area contributed by atoms with Crippen LogP contribution < -0.4 is 0 Å². The Morgan fingerprint density at radius 3 is 2.57 bits per heavy atom. The highest BCUT2D eigenvalue weighted by Crippen LogP contribution is 2.11. The molecule has 0 aliphatic carbocycles. The van der Waals surface area contributed by atoms with Crippen molar-refractivity contribution in [2.75, 3.05) is 13.7 Å². The molecular formula is C7H8O7. The van der Waals surface area contributed by atoms with Crippen molar-refractivity contribution in [2.24, 2.45) is 0 Å². The van der Waals surface area contributed by atoms with Crippen molar-refractivity contribution in [1.82, 2.24) is 0 Å². The molecule has 1 rings (SSSR count). The number of rotatable bonds is 1. The van der Waals surface area contributed by atoms with E-state index in [0.717, 1.165) is 7.11 Å². The molecule has 0 amide bonds. The highest BCUT2D eigenvalue weighted by atomic mass is 16.6. The van der Waals surface area contributed by atoms with Crippen LogP contribution in [0.25, 0.3) is 0 Å². The van der Waals surface area contributed by atoms with Crippen LogP contribution in [0.5, 0.6) is 0 Å². The van der Waals surface area contributed by atoms with E-state index in [1.165, 1.54) is 0 Å². The van der Waals surface area contributed by atoms with Crippen molar-refractivity contribution in [3.63, 3.8) is 0 Å². The van der Waals surface area contributed by atoms with Gasteiger partial charge in [-0.1, -0.05) is 0 Å². The summed E-state index contributed by atoms with van der Waals surface area (Å²) in [5.41, 5.74) is 0. The zero-order chi connectivity index (χ0) is 10.7. The van der Waals surface area contributed by atoms with E-state index in [9.17, 15) is 14.4 Å². The highest BCUT2D eigenvalue weighted by Gasteiger charge is 2.40. The maximum absolute atomic E-state index is 10.8. The van der Waals surface area contributed by atoms with Crippen molar-refractivity contribution in [2.45, 2.75) is 12.2 Å². The molecule has 14 heavy (non-hydrogen) atoms. The summed E-state index contributed by atoms with van der Waals surface area (Å²) in [6.45, 7) is -0.252. The van der Waals surface area contributed by atoms with Gasteiger partial charge in [0.05, 0.1) is 7.11 Å². The van der Waals surface area contributed by atoms with E-state index in [1.54, 1.807) is 0 Å². The first-order chi connectivity index (χ1) is 6.56. The topological polar surface area (TPSA) is 99.1 Å². The second-order valence-corrected chi connectivity index (χ2v) is 2.51. The average Bonchev–Trinajstić information content (AvgIpc) is 2.48. The van der Waals surface area contributed by atoms with Gasteiger partial charge in [-0.15, -0.1) is 0 Å². The van der Waals surface area contributed by atoms with Gasteiger partial charge >= 0.3 is 17.9 Å². The molecule has 1 aliphatic rings. The fourth-order valence-electron chi connectivity index (χ4n) is 0.868. The molecule has 0 aromatic heterocycles. The Kier molecular flexibility index (Phi) is 3.03. The molecule has 1 fully saturated rings. The summed E-state index contributed by atoms with van der Waals surface area (Å²) in [5, 5.41) is 9.09. The van der Waals surface area contributed by atoms with Crippen molar-refractivity contribution in [1.29, 1.82) is 0 Å². The number of aliphatic hydroxyl groups is 1. The van der Waals surface area contributed by atoms with Crippen LogP contribution in [0.3, 0.4) is 0 Å². The van der Waals surface area contributed by atoms with E-state index < -0.39 is 30.1 Å². The smallest absolute Gasteiger partial charge is 0.418 e. The lowest BCUT2D eigenvalue weighted by Gasteiger charge is -2.09. The quantitative estimate of drug-likeness (QED) is 0.299. The Morgan fingerprint density at radius 2 is 2.14 bits per heavy atom. The molecule has 78 valence electrons. The third-order valence-corrected chi connectivity index (χ3v) is 1.56. The first-order valence-corrected chi connectivity index (χ1v) is 3.70. The number of ether oxygens (including phenoxy) is 3. The predicted octanol–water partition coefficient (Wildman–Crippen LogP) is -2.01. The van der Waals surface area contributed by atoms with Crippen molar-refractivity contribution in [3.05, 3.63) is 0 Å². The number of carbonyl (C=O) groups is 3. The molecule has 0 aromatic rings. The predicted molar refractivity (Wildman–Crippen MR) is 38.9 cm³/mol. The molecule has 0 unspecified atom stereocenters. The van der Waals surface area contributed by atoms with Crippen LogP contribution in [0.1, 0.15) is 0 Å². The molecule has 2 atom stereocenters. The summed E-state index contributed by atoms with van der Waals surface area (Å²) in [4.78, 5) is 32.2. The normalized spacial score (nSPS) is 25.4. The Balaban J connectivity index is 2.55. The number of esters is 3. The van der Waals surface area contributed by atoms with Gasteiger partial charge < -0.3 is 19.3 Å².